The van der Waals surface area contributed by atoms with E-state index >= 15 is 0 Å². The summed E-state index contributed by atoms with van der Waals surface area (Å²) < 4.78 is 0. The first-order chi connectivity index (χ1) is 12.2. The van der Waals surface area contributed by atoms with Crippen LogP contribution in [0.4, 0.5) is 0 Å². The molecule has 1 heterocycles. The van der Waals surface area contributed by atoms with Crippen molar-refractivity contribution in [1.29, 1.82) is 0 Å². The number of nitrogens with zero attached hydrogens (tertiary/aromatic N) is 2. The topological polar surface area (TPSA) is 75.1 Å². The van der Waals surface area contributed by atoms with E-state index in [0.29, 0.717) is 29.4 Å². The number of hydrogen-bond acceptors (Lipinski definition) is 4. The van der Waals surface area contributed by atoms with Crippen LogP contribution in [0.25, 0.3) is 11.0 Å². The number of fused-ring (bicyclic) bond motifs is 1. The van der Waals surface area contributed by atoms with E-state index in [1.54, 1.807) is 18.5 Å². The predicted octanol–water partition coefficient (Wildman–Crippen LogP) is 2.87. The molecule has 0 radical (unpaired) electrons. The van der Waals surface area contributed by atoms with Gasteiger partial charge in [0.05, 0.1) is 23.2 Å². The number of aliphatic hydroxyl groups excluding tert-OH is 1. The Balaban J connectivity index is 1.64. The fourth-order valence-electron chi connectivity index (χ4n) is 3.43. The van der Waals surface area contributed by atoms with E-state index in [9.17, 15) is 9.90 Å². The van der Waals surface area contributed by atoms with Crippen LogP contribution in [0.1, 0.15) is 34.8 Å². The van der Waals surface area contributed by atoms with Gasteiger partial charge in [-0.2, -0.15) is 0 Å². The third-order valence-electron chi connectivity index (χ3n) is 4.81. The molecule has 126 valence electrons. The molecule has 25 heavy (non-hydrogen) atoms. The van der Waals surface area contributed by atoms with Gasteiger partial charge in [0.25, 0.3) is 5.91 Å². The number of rotatable bonds is 4. The molecule has 4 rings (SSSR count). The highest BCUT2D eigenvalue weighted by Crippen LogP contribution is 2.38. The second-order valence-corrected chi connectivity index (χ2v) is 6.48. The van der Waals surface area contributed by atoms with Gasteiger partial charge in [0.15, 0.2) is 0 Å². The van der Waals surface area contributed by atoms with Gasteiger partial charge in [0, 0.05) is 12.4 Å². The van der Waals surface area contributed by atoms with Crippen LogP contribution in [0.2, 0.25) is 0 Å². The van der Waals surface area contributed by atoms with Gasteiger partial charge in [-0.05, 0) is 36.5 Å². The second kappa shape index (κ2) is 6.61. The number of carbonyl (C=O) groups excluding carboxylic acids is 1. The maximum absolute atomic E-state index is 12.9. The minimum atomic E-state index is -0.267. The molecule has 1 atom stereocenters. The highest BCUT2D eigenvalue weighted by molar-refractivity contribution is 6.04. The third kappa shape index (κ3) is 3.10. The van der Waals surface area contributed by atoms with Gasteiger partial charge in [-0.3, -0.25) is 14.8 Å². The molecule has 0 bridgehead atoms. The van der Waals surface area contributed by atoms with Crippen LogP contribution in [0, 0.1) is 5.92 Å². The maximum atomic E-state index is 12.9. The molecule has 5 nitrogen and oxygen atoms in total. The highest BCUT2D eigenvalue weighted by Gasteiger charge is 2.35. The number of aliphatic hydroxyl groups is 1. The van der Waals surface area contributed by atoms with Crippen molar-refractivity contribution in [3.05, 3.63) is 72.1 Å². The van der Waals surface area contributed by atoms with Crippen molar-refractivity contribution in [2.45, 2.75) is 25.0 Å². The van der Waals surface area contributed by atoms with Crippen molar-refractivity contribution in [3.63, 3.8) is 0 Å². The van der Waals surface area contributed by atoms with Crippen molar-refractivity contribution in [1.82, 2.24) is 15.3 Å². The van der Waals surface area contributed by atoms with E-state index in [4.69, 9.17) is 0 Å². The summed E-state index contributed by atoms with van der Waals surface area (Å²) >= 11 is 0. The van der Waals surface area contributed by atoms with Crippen molar-refractivity contribution < 1.29 is 9.90 Å². The zero-order valence-corrected chi connectivity index (χ0v) is 13.7. The summed E-state index contributed by atoms with van der Waals surface area (Å²) in [6.07, 6.45) is 4.35. The zero-order valence-electron chi connectivity index (χ0n) is 13.7. The molecule has 5 heteroatoms. The molecule has 0 aliphatic heterocycles. The monoisotopic (exact) mass is 333 g/mol. The molecule has 2 N–H and O–H groups in total. The van der Waals surface area contributed by atoms with Gasteiger partial charge in [0.1, 0.15) is 5.52 Å². The summed E-state index contributed by atoms with van der Waals surface area (Å²) in [5, 5.41) is 12.8. The number of nitrogens with one attached hydrogen (secondary N) is 1. The van der Waals surface area contributed by atoms with Gasteiger partial charge in [-0.15, -0.1) is 0 Å². The number of hydrogen-bond donors (Lipinski definition) is 2. The summed E-state index contributed by atoms with van der Waals surface area (Å²) in [6, 6.07) is 15.2. The smallest absolute Gasteiger partial charge is 0.254 e. The first-order valence-corrected chi connectivity index (χ1v) is 8.46. The van der Waals surface area contributed by atoms with Crippen LogP contribution in [0.15, 0.2) is 60.9 Å². The van der Waals surface area contributed by atoms with E-state index in [1.165, 1.54) is 0 Å². The van der Waals surface area contributed by atoms with Crippen molar-refractivity contribution >= 4 is 16.9 Å². The quantitative estimate of drug-likeness (QED) is 0.770. The van der Waals surface area contributed by atoms with Crippen LogP contribution < -0.4 is 5.32 Å². The molecule has 2 aromatic carbocycles. The normalized spacial score (nSPS) is 20.7. The minimum Gasteiger partial charge on any atom is -0.393 e. The van der Waals surface area contributed by atoms with Crippen molar-refractivity contribution in [3.8, 4) is 0 Å². The number of para-hydroxylation sites is 1. The van der Waals surface area contributed by atoms with Crippen LogP contribution in [-0.4, -0.2) is 27.1 Å². The summed E-state index contributed by atoms with van der Waals surface area (Å²) in [4.78, 5) is 21.5. The number of amides is 1. The zero-order chi connectivity index (χ0) is 17.2. The average molecular weight is 333 g/mol. The lowest BCUT2D eigenvalue weighted by Gasteiger charge is -2.38. The highest BCUT2D eigenvalue weighted by atomic mass is 16.3. The van der Waals surface area contributed by atoms with E-state index in [-0.39, 0.29) is 24.0 Å². The third-order valence-corrected chi connectivity index (χ3v) is 4.81. The molecule has 1 aromatic heterocycles. The molecule has 1 amide bonds. The molecule has 1 aliphatic rings. The Morgan fingerprint density at radius 3 is 2.56 bits per heavy atom. The van der Waals surface area contributed by atoms with Crippen LogP contribution >= 0.6 is 0 Å². The molecular formula is C20H19N3O2. The molecule has 0 spiro atoms. The second-order valence-electron chi connectivity index (χ2n) is 6.48. The molecule has 1 saturated carbocycles. The van der Waals surface area contributed by atoms with Crippen molar-refractivity contribution in [2.75, 3.05) is 0 Å². The van der Waals surface area contributed by atoms with E-state index in [2.05, 4.69) is 15.3 Å². The van der Waals surface area contributed by atoms with E-state index in [0.717, 1.165) is 5.56 Å². The van der Waals surface area contributed by atoms with Gasteiger partial charge in [0.2, 0.25) is 0 Å². The summed E-state index contributed by atoms with van der Waals surface area (Å²) in [7, 11) is 0. The minimum absolute atomic E-state index is 0.121. The largest absolute Gasteiger partial charge is 0.393 e. The summed E-state index contributed by atoms with van der Waals surface area (Å²) in [5.41, 5.74) is 2.87. The predicted molar refractivity (Wildman–Crippen MR) is 94.9 cm³/mol. The Labute approximate surface area is 145 Å². The Bertz CT molecular complexity index is 886. The Hall–Kier alpha value is -2.79. The number of aromatic nitrogens is 2. The average Bonchev–Trinajstić information content (AvgIpc) is 2.64. The lowest BCUT2D eigenvalue weighted by Crippen LogP contribution is -2.41. The molecule has 1 fully saturated rings. The molecule has 1 aliphatic carbocycles. The van der Waals surface area contributed by atoms with E-state index in [1.807, 2.05) is 42.5 Å². The van der Waals surface area contributed by atoms with Crippen molar-refractivity contribution in [2.24, 2.45) is 5.92 Å². The number of carbonyl (C=O) groups is 1. The molecular weight excluding hydrogens is 314 g/mol. The molecule has 0 unspecified atom stereocenters. The van der Waals surface area contributed by atoms with Gasteiger partial charge >= 0.3 is 0 Å². The van der Waals surface area contributed by atoms with E-state index < -0.39 is 0 Å². The van der Waals surface area contributed by atoms with Gasteiger partial charge < -0.3 is 10.4 Å². The summed E-state index contributed by atoms with van der Waals surface area (Å²) in [6.45, 7) is 0. The first kappa shape index (κ1) is 15.7. The molecule has 0 saturated heterocycles. The fourth-order valence-corrected chi connectivity index (χ4v) is 3.43. The lowest BCUT2D eigenvalue weighted by molar-refractivity contribution is 0.0235. The Morgan fingerprint density at radius 1 is 1.04 bits per heavy atom. The SMILES string of the molecule is O=C(N[C@@H](c1ccccc1)C1CC(O)C1)c1cccc2nccnc12. The standard InChI is InChI=1S/C20H19N3O2/c24-15-11-14(12-15)18(13-5-2-1-3-6-13)23-20(25)16-7-4-8-17-19(16)22-10-9-21-17/h1-10,14-15,18,24H,11-12H2,(H,23,25)/t14?,15?,18-/m0/s1. The maximum Gasteiger partial charge on any atom is 0.254 e. The number of benzene rings is 2. The van der Waals surface area contributed by atoms with Crippen LogP contribution in [0.3, 0.4) is 0 Å². The first-order valence-electron chi connectivity index (χ1n) is 8.46. The summed E-state index contributed by atoms with van der Waals surface area (Å²) in [5.74, 6) is 0.0729. The van der Waals surface area contributed by atoms with Gasteiger partial charge in [-0.25, -0.2) is 0 Å². The lowest BCUT2D eigenvalue weighted by atomic mass is 9.75. The van der Waals surface area contributed by atoms with Crippen LogP contribution in [-0.2, 0) is 0 Å². The Morgan fingerprint density at radius 2 is 1.80 bits per heavy atom. The van der Waals surface area contributed by atoms with Gasteiger partial charge in [-0.1, -0.05) is 36.4 Å². The van der Waals surface area contributed by atoms with Crippen LogP contribution in [0.5, 0.6) is 0 Å². The molecule has 3 aromatic rings. The Kier molecular flexibility index (Phi) is 4.15. The fraction of sp³-hybridized carbons (Fsp3) is 0.250.